The van der Waals surface area contributed by atoms with Gasteiger partial charge in [0.05, 0.1) is 4.91 Å². The Morgan fingerprint density at radius 2 is 2.19 bits per heavy atom. The lowest BCUT2D eigenvalue weighted by Gasteiger charge is -2.22. The number of carbonyl (C=O) groups excluding carboxylic acids is 1. The SMILES string of the molecule is O=C1CC=CC2=C1Sc1cccc(Cl)c1C2. The molecule has 1 heterocycles. The largest absolute Gasteiger partial charge is 0.293 e. The molecule has 0 radical (unpaired) electrons. The monoisotopic (exact) mass is 248 g/mol. The smallest absolute Gasteiger partial charge is 0.173 e. The van der Waals surface area contributed by atoms with Gasteiger partial charge in [-0.05, 0) is 23.3 Å². The Morgan fingerprint density at radius 3 is 3.06 bits per heavy atom. The molecular formula is C13H9ClOS. The van der Waals surface area contributed by atoms with E-state index in [1.54, 1.807) is 11.8 Å². The highest BCUT2D eigenvalue weighted by Crippen LogP contribution is 2.43. The van der Waals surface area contributed by atoms with Crippen molar-refractivity contribution in [2.75, 3.05) is 0 Å². The average molecular weight is 249 g/mol. The van der Waals surface area contributed by atoms with E-state index >= 15 is 0 Å². The van der Waals surface area contributed by atoms with Gasteiger partial charge in [0, 0.05) is 22.8 Å². The van der Waals surface area contributed by atoms with Gasteiger partial charge in [-0.15, -0.1) is 0 Å². The molecule has 1 aliphatic heterocycles. The first-order valence-corrected chi connectivity index (χ1v) is 6.33. The predicted molar refractivity (Wildman–Crippen MR) is 66.8 cm³/mol. The number of hydrogen-bond acceptors (Lipinski definition) is 2. The Bertz CT molecular complexity index is 543. The number of thioether (sulfide) groups is 1. The number of fused-ring (bicyclic) bond motifs is 1. The first kappa shape index (κ1) is 10.2. The molecule has 0 bridgehead atoms. The first-order chi connectivity index (χ1) is 7.75. The van der Waals surface area contributed by atoms with Gasteiger partial charge < -0.3 is 0 Å². The van der Waals surface area contributed by atoms with E-state index in [0.717, 1.165) is 32.4 Å². The molecule has 2 aliphatic rings. The highest BCUT2D eigenvalue weighted by molar-refractivity contribution is 8.04. The van der Waals surface area contributed by atoms with Gasteiger partial charge in [0.2, 0.25) is 0 Å². The molecule has 1 aromatic carbocycles. The number of benzene rings is 1. The fraction of sp³-hybridized carbons (Fsp3) is 0.154. The van der Waals surface area contributed by atoms with Crippen molar-refractivity contribution in [2.45, 2.75) is 17.7 Å². The molecule has 1 aliphatic carbocycles. The zero-order chi connectivity index (χ0) is 11.1. The molecule has 0 spiro atoms. The van der Waals surface area contributed by atoms with E-state index in [1.807, 2.05) is 24.3 Å². The predicted octanol–water partition coefficient (Wildman–Crippen LogP) is 3.77. The van der Waals surface area contributed by atoms with E-state index < -0.39 is 0 Å². The second-order valence-electron chi connectivity index (χ2n) is 3.88. The van der Waals surface area contributed by atoms with Gasteiger partial charge in [0.15, 0.2) is 5.78 Å². The van der Waals surface area contributed by atoms with Gasteiger partial charge in [-0.25, -0.2) is 0 Å². The number of hydrogen-bond donors (Lipinski definition) is 0. The minimum Gasteiger partial charge on any atom is -0.293 e. The third-order valence-electron chi connectivity index (χ3n) is 2.82. The Morgan fingerprint density at radius 1 is 1.31 bits per heavy atom. The van der Waals surface area contributed by atoms with E-state index in [-0.39, 0.29) is 5.78 Å². The van der Waals surface area contributed by atoms with Crippen LogP contribution in [0.25, 0.3) is 0 Å². The Hall–Kier alpha value is -0.990. The van der Waals surface area contributed by atoms with Crippen molar-refractivity contribution < 1.29 is 4.79 Å². The molecule has 80 valence electrons. The minimum absolute atomic E-state index is 0.230. The summed E-state index contributed by atoms with van der Waals surface area (Å²) >= 11 is 7.72. The van der Waals surface area contributed by atoms with Crippen LogP contribution in [-0.4, -0.2) is 5.78 Å². The zero-order valence-electron chi connectivity index (χ0n) is 8.50. The highest BCUT2D eigenvalue weighted by Gasteiger charge is 2.25. The second-order valence-corrected chi connectivity index (χ2v) is 5.34. The lowest BCUT2D eigenvalue weighted by molar-refractivity contribution is -0.114. The van der Waals surface area contributed by atoms with Gasteiger partial charge in [-0.3, -0.25) is 4.79 Å². The van der Waals surface area contributed by atoms with Crippen LogP contribution in [0.3, 0.4) is 0 Å². The summed E-state index contributed by atoms with van der Waals surface area (Å²) in [5.74, 6) is 0.230. The number of halogens is 1. The van der Waals surface area contributed by atoms with Crippen molar-refractivity contribution in [1.82, 2.24) is 0 Å². The number of Topliss-reactive ketones (excluding diaryl/α,β-unsaturated/α-hetero) is 1. The number of carbonyl (C=O) groups is 1. The zero-order valence-corrected chi connectivity index (χ0v) is 10.1. The average Bonchev–Trinajstić information content (AvgIpc) is 2.29. The molecule has 0 saturated carbocycles. The summed E-state index contributed by atoms with van der Waals surface area (Å²) in [6.07, 6.45) is 5.29. The van der Waals surface area contributed by atoms with Crippen LogP contribution < -0.4 is 0 Å². The Balaban J connectivity index is 2.11. The van der Waals surface area contributed by atoms with Crippen molar-refractivity contribution >= 4 is 29.1 Å². The number of rotatable bonds is 0. The second kappa shape index (κ2) is 3.79. The summed E-state index contributed by atoms with van der Waals surface area (Å²) in [4.78, 5) is 13.8. The van der Waals surface area contributed by atoms with Crippen LogP contribution in [0.15, 0.2) is 45.7 Å². The fourth-order valence-electron chi connectivity index (χ4n) is 2.02. The lowest BCUT2D eigenvalue weighted by atomic mass is 9.98. The number of ketones is 1. The van der Waals surface area contributed by atoms with E-state index in [9.17, 15) is 4.79 Å². The van der Waals surface area contributed by atoms with Crippen LogP contribution in [0.1, 0.15) is 12.0 Å². The molecule has 0 saturated heterocycles. The highest BCUT2D eigenvalue weighted by atomic mass is 35.5. The number of allylic oxidation sites excluding steroid dienone is 4. The van der Waals surface area contributed by atoms with Crippen molar-refractivity contribution in [1.29, 1.82) is 0 Å². The van der Waals surface area contributed by atoms with Crippen molar-refractivity contribution in [3.05, 3.63) is 51.4 Å². The molecule has 0 fully saturated rings. The van der Waals surface area contributed by atoms with E-state index in [0.29, 0.717) is 6.42 Å². The van der Waals surface area contributed by atoms with Crippen molar-refractivity contribution in [3.63, 3.8) is 0 Å². The molecule has 0 atom stereocenters. The molecule has 1 aromatic rings. The van der Waals surface area contributed by atoms with Crippen LogP contribution in [0.4, 0.5) is 0 Å². The summed E-state index contributed by atoms with van der Waals surface area (Å²) in [7, 11) is 0. The third kappa shape index (κ3) is 1.53. The topological polar surface area (TPSA) is 17.1 Å². The van der Waals surface area contributed by atoms with E-state index in [2.05, 4.69) is 6.08 Å². The Labute approximate surface area is 103 Å². The van der Waals surface area contributed by atoms with E-state index in [4.69, 9.17) is 11.6 Å². The molecule has 1 nitrogen and oxygen atoms in total. The standard InChI is InChI=1S/C13H9ClOS/c14-10-4-2-6-12-9(10)7-8-3-1-5-11(15)13(8)16-12/h1-4,6H,5,7H2. The van der Waals surface area contributed by atoms with Crippen LogP contribution in [0.2, 0.25) is 5.02 Å². The summed E-state index contributed by atoms with van der Waals surface area (Å²) in [5.41, 5.74) is 2.26. The van der Waals surface area contributed by atoms with Crippen LogP contribution in [0, 0.1) is 0 Å². The molecule has 0 aromatic heterocycles. The van der Waals surface area contributed by atoms with Crippen molar-refractivity contribution in [3.8, 4) is 0 Å². The maximum Gasteiger partial charge on any atom is 0.173 e. The van der Waals surface area contributed by atoms with Crippen LogP contribution in [0.5, 0.6) is 0 Å². The summed E-state index contributed by atoms with van der Waals surface area (Å²) in [5, 5.41) is 0.794. The fourth-order valence-corrected chi connectivity index (χ4v) is 3.46. The molecule has 3 heteroatoms. The maximum atomic E-state index is 11.8. The lowest BCUT2D eigenvalue weighted by Crippen LogP contribution is -2.11. The first-order valence-electron chi connectivity index (χ1n) is 5.14. The molecule has 0 unspecified atom stereocenters. The van der Waals surface area contributed by atoms with Gasteiger partial charge >= 0.3 is 0 Å². The van der Waals surface area contributed by atoms with Gasteiger partial charge in [0.1, 0.15) is 0 Å². The van der Waals surface area contributed by atoms with E-state index in [1.165, 1.54) is 0 Å². The van der Waals surface area contributed by atoms with Crippen molar-refractivity contribution in [2.24, 2.45) is 0 Å². The summed E-state index contributed by atoms with van der Waals surface area (Å²) in [6.45, 7) is 0. The van der Waals surface area contributed by atoms with Gasteiger partial charge in [-0.1, -0.05) is 41.6 Å². The normalized spacial score (nSPS) is 18.4. The van der Waals surface area contributed by atoms with Crippen LogP contribution in [-0.2, 0) is 11.2 Å². The molecule has 0 N–H and O–H groups in total. The third-order valence-corrected chi connectivity index (χ3v) is 4.47. The minimum atomic E-state index is 0.230. The molecule has 0 amide bonds. The van der Waals surface area contributed by atoms with Gasteiger partial charge in [-0.2, -0.15) is 0 Å². The molecule has 3 rings (SSSR count). The molecule has 16 heavy (non-hydrogen) atoms. The van der Waals surface area contributed by atoms with Crippen LogP contribution >= 0.6 is 23.4 Å². The maximum absolute atomic E-state index is 11.8. The van der Waals surface area contributed by atoms with Gasteiger partial charge in [0.25, 0.3) is 0 Å². The quantitative estimate of drug-likeness (QED) is 0.695. The molecular weight excluding hydrogens is 240 g/mol. The summed E-state index contributed by atoms with van der Waals surface area (Å²) in [6, 6.07) is 5.87. The Kier molecular flexibility index (Phi) is 2.41. The summed E-state index contributed by atoms with van der Waals surface area (Å²) < 4.78 is 0.